The summed E-state index contributed by atoms with van der Waals surface area (Å²) < 4.78 is 7.09. The van der Waals surface area contributed by atoms with Gasteiger partial charge >= 0.3 is 0 Å². The first-order valence-electron chi connectivity index (χ1n) is 9.54. The number of halogens is 1. The minimum absolute atomic E-state index is 0.271. The smallest absolute Gasteiger partial charge is 0.248 e. The number of aryl methyl sites for hydroxylation is 1. The Morgan fingerprint density at radius 2 is 1.97 bits per heavy atom. The van der Waals surface area contributed by atoms with E-state index in [0.29, 0.717) is 23.0 Å². The highest BCUT2D eigenvalue weighted by Gasteiger charge is 2.13. The summed E-state index contributed by atoms with van der Waals surface area (Å²) in [5, 5.41) is 7.97. The molecule has 1 aromatic heterocycles. The van der Waals surface area contributed by atoms with Crippen LogP contribution in [-0.2, 0) is 11.3 Å². The number of amides is 2. The summed E-state index contributed by atoms with van der Waals surface area (Å²) in [4.78, 5) is 23.9. The number of carbonyl (C=O) groups excluding carboxylic acids is 2. The largest absolute Gasteiger partial charge is 0.495 e. The standard InChI is InChI=1S/C23H23ClN4O3/c1-14-18(15(2)28(27-14)13-17-6-4-5-7-19(17)24)9-11-22(29)26-20-12-16(23(25)30)8-10-21(20)31-3/h4-12H,13H2,1-3H3,(H2,25,30)(H,26,29). The van der Waals surface area contributed by atoms with E-state index in [9.17, 15) is 9.59 Å². The van der Waals surface area contributed by atoms with Gasteiger partial charge in [0.2, 0.25) is 11.8 Å². The van der Waals surface area contributed by atoms with Crippen LogP contribution in [0.25, 0.3) is 6.08 Å². The molecule has 2 aromatic carbocycles. The molecular formula is C23H23ClN4O3. The lowest BCUT2D eigenvalue weighted by Crippen LogP contribution is -2.13. The van der Waals surface area contributed by atoms with Gasteiger partial charge < -0.3 is 15.8 Å². The van der Waals surface area contributed by atoms with Crippen LogP contribution >= 0.6 is 11.6 Å². The van der Waals surface area contributed by atoms with Gasteiger partial charge in [-0.3, -0.25) is 14.3 Å². The van der Waals surface area contributed by atoms with Crippen molar-refractivity contribution in [3.8, 4) is 5.75 Å². The van der Waals surface area contributed by atoms with E-state index in [1.807, 2.05) is 42.8 Å². The van der Waals surface area contributed by atoms with Gasteiger partial charge in [-0.15, -0.1) is 0 Å². The molecule has 8 heteroatoms. The SMILES string of the molecule is COc1ccc(C(N)=O)cc1NC(=O)C=Cc1c(C)nn(Cc2ccccc2Cl)c1C. The molecule has 3 N–H and O–H groups in total. The molecule has 7 nitrogen and oxygen atoms in total. The van der Waals surface area contributed by atoms with E-state index in [2.05, 4.69) is 10.4 Å². The fraction of sp³-hybridized carbons (Fsp3) is 0.174. The van der Waals surface area contributed by atoms with Crippen LogP contribution in [0.4, 0.5) is 5.69 Å². The van der Waals surface area contributed by atoms with Crippen LogP contribution in [0.2, 0.25) is 5.02 Å². The minimum Gasteiger partial charge on any atom is -0.495 e. The molecule has 1 heterocycles. The van der Waals surface area contributed by atoms with Gasteiger partial charge in [0.15, 0.2) is 0 Å². The Balaban J connectivity index is 1.79. The molecule has 0 atom stereocenters. The van der Waals surface area contributed by atoms with Crippen LogP contribution in [-0.4, -0.2) is 28.7 Å². The zero-order valence-corrected chi connectivity index (χ0v) is 18.2. The first-order chi connectivity index (χ1) is 14.8. The highest BCUT2D eigenvalue weighted by atomic mass is 35.5. The summed E-state index contributed by atoms with van der Waals surface area (Å²) in [5.41, 5.74) is 9.46. The lowest BCUT2D eigenvalue weighted by Gasteiger charge is -2.10. The topological polar surface area (TPSA) is 99.2 Å². The minimum atomic E-state index is -0.592. The Morgan fingerprint density at radius 3 is 2.65 bits per heavy atom. The zero-order chi connectivity index (χ0) is 22.5. The molecule has 31 heavy (non-hydrogen) atoms. The summed E-state index contributed by atoms with van der Waals surface area (Å²) in [6.45, 7) is 4.35. The summed E-state index contributed by atoms with van der Waals surface area (Å²) >= 11 is 6.26. The molecule has 0 aliphatic heterocycles. The number of hydrogen-bond donors (Lipinski definition) is 2. The van der Waals surface area contributed by atoms with Gasteiger partial charge in [0.25, 0.3) is 0 Å². The van der Waals surface area contributed by atoms with Crippen molar-refractivity contribution in [2.45, 2.75) is 20.4 Å². The van der Waals surface area contributed by atoms with Crippen molar-refractivity contribution < 1.29 is 14.3 Å². The monoisotopic (exact) mass is 438 g/mol. The number of nitrogens with two attached hydrogens (primary N) is 1. The maximum Gasteiger partial charge on any atom is 0.248 e. The van der Waals surface area contributed by atoms with Crippen molar-refractivity contribution in [3.05, 3.63) is 81.6 Å². The Hall–Kier alpha value is -3.58. The van der Waals surface area contributed by atoms with E-state index >= 15 is 0 Å². The number of nitrogens with zero attached hydrogens (tertiary/aromatic N) is 2. The molecular weight excluding hydrogens is 416 g/mol. The molecule has 0 spiro atoms. The fourth-order valence-corrected chi connectivity index (χ4v) is 3.38. The van der Waals surface area contributed by atoms with Crippen molar-refractivity contribution in [3.63, 3.8) is 0 Å². The van der Waals surface area contributed by atoms with Crippen molar-refractivity contribution >= 4 is 35.2 Å². The Bertz CT molecular complexity index is 1170. The van der Waals surface area contributed by atoms with Gasteiger partial charge in [-0.2, -0.15) is 5.10 Å². The Morgan fingerprint density at radius 1 is 1.23 bits per heavy atom. The predicted octanol–water partition coefficient (Wildman–Crippen LogP) is 3.96. The number of rotatable bonds is 7. The summed E-state index contributed by atoms with van der Waals surface area (Å²) in [5.74, 6) is -0.546. The van der Waals surface area contributed by atoms with Crippen LogP contribution in [0.15, 0.2) is 48.5 Å². The maximum absolute atomic E-state index is 12.5. The number of carbonyl (C=O) groups is 2. The molecule has 3 aromatic rings. The first kappa shape index (κ1) is 22.1. The summed E-state index contributed by atoms with van der Waals surface area (Å²) in [6, 6.07) is 12.2. The second-order valence-electron chi connectivity index (χ2n) is 6.94. The molecule has 0 fully saturated rings. The number of nitrogens with one attached hydrogen (secondary N) is 1. The average molecular weight is 439 g/mol. The number of hydrogen-bond acceptors (Lipinski definition) is 4. The third-order valence-corrected chi connectivity index (χ3v) is 5.23. The molecule has 3 rings (SSSR count). The lowest BCUT2D eigenvalue weighted by molar-refractivity contribution is -0.111. The molecule has 0 saturated carbocycles. The Kier molecular flexibility index (Phi) is 6.77. The third kappa shape index (κ3) is 5.13. The zero-order valence-electron chi connectivity index (χ0n) is 17.5. The molecule has 0 aliphatic rings. The van der Waals surface area contributed by atoms with Crippen LogP contribution in [0.1, 0.15) is 32.9 Å². The molecule has 0 radical (unpaired) electrons. The number of primary amides is 1. The number of aromatic nitrogens is 2. The molecule has 0 aliphatic carbocycles. The quantitative estimate of drug-likeness (QED) is 0.545. The van der Waals surface area contributed by atoms with E-state index in [-0.39, 0.29) is 11.5 Å². The van der Waals surface area contributed by atoms with Crippen molar-refractivity contribution in [2.75, 3.05) is 12.4 Å². The van der Waals surface area contributed by atoms with Gasteiger partial charge in [-0.25, -0.2) is 0 Å². The summed E-state index contributed by atoms with van der Waals surface area (Å²) in [6.07, 6.45) is 3.12. The van der Waals surface area contributed by atoms with E-state index < -0.39 is 5.91 Å². The van der Waals surface area contributed by atoms with E-state index in [1.54, 1.807) is 12.1 Å². The molecule has 0 bridgehead atoms. The van der Waals surface area contributed by atoms with E-state index in [0.717, 1.165) is 22.5 Å². The number of benzene rings is 2. The van der Waals surface area contributed by atoms with Crippen LogP contribution < -0.4 is 15.8 Å². The predicted molar refractivity (Wildman–Crippen MR) is 121 cm³/mol. The average Bonchev–Trinajstić information content (AvgIpc) is 3.00. The molecule has 160 valence electrons. The van der Waals surface area contributed by atoms with Crippen molar-refractivity contribution in [2.24, 2.45) is 5.73 Å². The normalized spacial score (nSPS) is 11.0. The molecule has 0 unspecified atom stereocenters. The van der Waals surface area contributed by atoms with Gasteiger partial charge in [0.1, 0.15) is 5.75 Å². The highest BCUT2D eigenvalue weighted by Crippen LogP contribution is 2.26. The van der Waals surface area contributed by atoms with Gasteiger partial charge in [-0.05, 0) is 49.8 Å². The Labute approximate surface area is 185 Å². The second-order valence-corrected chi connectivity index (χ2v) is 7.34. The van der Waals surface area contributed by atoms with Gasteiger partial charge in [-0.1, -0.05) is 29.8 Å². The van der Waals surface area contributed by atoms with E-state index in [4.69, 9.17) is 22.1 Å². The second kappa shape index (κ2) is 9.49. The van der Waals surface area contributed by atoms with Crippen molar-refractivity contribution in [1.29, 1.82) is 0 Å². The van der Waals surface area contributed by atoms with Crippen LogP contribution in [0.3, 0.4) is 0 Å². The van der Waals surface area contributed by atoms with Crippen LogP contribution in [0, 0.1) is 13.8 Å². The number of anilines is 1. The number of ether oxygens (including phenoxy) is 1. The van der Waals surface area contributed by atoms with Crippen molar-refractivity contribution in [1.82, 2.24) is 9.78 Å². The van der Waals surface area contributed by atoms with Gasteiger partial charge in [0, 0.05) is 27.9 Å². The summed E-state index contributed by atoms with van der Waals surface area (Å²) in [7, 11) is 1.48. The fourth-order valence-electron chi connectivity index (χ4n) is 3.19. The van der Waals surface area contributed by atoms with Crippen LogP contribution in [0.5, 0.6) is 5.75 Å². The molecule has 2 amide bonds. The van der Waals surface area contributed by atoms with Gasteiger partial charge in [0.05, 0.1) is 25.0 Å². The maximum atomic E-state index is 12.5. The first-order valence-corrected chi connectivity index (χ1v) is 9.92. The molecule has 0 saturated heterocycles. The van der Waals surface area contributed by atoms with E-state index in [1.165, 1.54) is 25.3 Å². The third-order valence-electron chi connectivity index (χ3n) is 4.86. The highest BCUT2D eigenvalue weighted by molar-refractivity contribution is 6.31. The number of methoxy groups -OCH3 is 1. The lowest BCUT2D eigenvalue weighted by atomic mass is 10.1.